The van der Waals surface area contributed by atoms with Gasteiger partial charge in [0.15, 0.2) is 0 Å². The Morgan fingerprint density at radius 3 is 2.60 bits per heavy atom. The topological polar surface area (TPSA) is 70.7 Å². The summed E-state index contributed by atoms with van der Waals surface area (Å²) in [6, 6.07) is 9.85. The molecule has 0 aliphatic heterocycles. The lowest BCUT2D eigenvalue weighted by atomic mass is 9.98. The van der Waals surface area contributed by atoms with E-state index in [0.29, 0.717) is 5.56 Å². The van der Waals surface area contributed by atoms with Gasteiger partial charge < -0.3 is 5.32 Å². The summed E-state index contributed by atoms with van der Waals surface area (Å²) < 4.78 is 1.59. The third-order valence-corrected chi connectivity index (χ3v) is 3.63. The van der Waals surface area contributed by atoms with E-state index in [4.69, 9.17) is 5.26 Å². The Kier molecular flexibility index (Phi) is 2.79. The molecule has 0 bridgehead atoms. The fourth-order valence-corrected chi connectivity index (χ4v) is 2.20. The molecule has 1 heterocycles. The van der Waals surface area contributed by atoms with E-state index in [0.717, 1.165) is 24.1 Å². The second-order valence-electron chi connectivity index (χ2n) is 5.13. The van der Waals surface area contributed by atoms with Crippen molar-refractivity contribution in [2.45, 2.75) is 18.3 Å². The maximum Gasteiger partial charge on any atom is 0.258 e. The molecule has 0 atom stereocenters. The SMILES string of the molecule is Cn1cc(C(=O)Nc2ccc(C3(C#N)CC3)cc2)cn1. The summed E-state index contributed by atoms with van der Waals surface area (Å²) >= 11 is 0. The molecule has 100 valence electrons. The number of aryl methyl sites for hydroxylation is 1. The Morgan fingerprint density at radius 1 is 1.40 bits per heavy atom. The molecule has 0 saturated heterocycles. The molecule has 1 amide bonds. The van der Waals surface area contributed by atoms with E-state index in [1.165, 1.54) is 6.20 Å². The Morgan fingerprint density at radius 2 is 2.10 bits per heavy atom. The molecule has 5 nitrogen and oxygen atoms in total. The van der Waals surface area contributed by atoms with Crippen LogP contribution in [-0.4, -0.2) is 15.7 Å². The monoisotopic (exact) mass is 266 g/mol. The number of benzene rings is 1. The lowest BCUT2D eigenvalue weighted by Crippen LogP contribution is -2.11. The van der Waals surface area contributed by atoms with Crippen LogP contribution in [0.2, 0.25) is 0 Å². The summed E-state index contributed by atoms with van der Waals surface area (Å²) in [5.41, 5.74) is 1.98. The van der Waals surface area contributed by atoms with Gasteiger partial charge in [0.25, 0.3) is 5.91 Å². The number of amides is 1. The van der Waals surface area contributed by atoms with Gasteiger partial charge in [0.1, 0.15) is 0 Å². The molecule has 1 aliphatic carbocycles. The number of nitriles is 1. The predicted octanol–water partition coefficient (Wildman–Crippen LogP) is 2.23. The van der Waals surface area contributed by atoms with Crippen LogP contribution in [0.1, 0.15) is 28.8 Å². The van der Waals surface area contributed by atoms with Gasteiger partial charge in [-0.2, -0.15) is 10.4 Å². The fraction of sp³-hybridized carbons (Fsp3) is 0.267. The maximum absolute atomic E-state index is 12.0. The van der Waals surface area contributed by atoms with E-state index < -0.39 is 0 Å². The predicted molar refractivity (Wildman–Crippen MR) is 74.1 cm³/mol. The van der Waals surface area contributed by atoms with Crippen LogP contribution >= 0.6 is 0 Å². The Balaban J connectivity index is 1.73. The van der Waals surface area contributed by atoms with E-state index in [9.17, 15) is 4.79 Å². The lowest BCUT2D eigenvalue weighted by molar-refractivity contribution is 0.102. The highest BCUT2D eigenvalue weighted by atomic mass is 16.1. The van der Waals surface area contributed by atoms with Crippen LogP contribution < -0.4 is 5.32 Å². The molecular weight excluding hydrogens is 252 g/mol. The molecule has 3 rings (SSSR count). The van der Waals surface area contributed by atoms with Crippen molar-refractivity contribution in [3.8, 4) is 6.07 Å². The average Bonchev–Trinajstić information content (AvgIpc) is 3.14. The van der Waals surface area contributed by atoms with Gasteiger partial charge in [0.2, 0.25) is 0 Å². The lowest BCUT2D eigenvalue weighted by Gasteiger charge is -2.08. The number of nitrogens with one attached hydrogen (secondary N) is 1. The van der Waals surface area contributed by atoms with Crippen LogP contribution in [0.25, 0.3) is 0 Å². The molecule has 0 spiro atoms. The zero-order valence-electron chi connectivity index (χ0n) is 11.1. The number of rotatable bonds is 3. The number of anilines is 1. The maximum atomic E-state index is 12.0. The van der Waals surface area contributed by atoms with Crippen molar-refractivity contribution < 1.29 is 4.79 Å². The molecule has 20 heavy (non-hydrogen) atoms. The summed E-state index contributed by atoms with van der Waals surface area (Å²) in [6.07, 6.45) is 5.03. The molecule has 0 unspecified atom stereocenters. The third-order valence-electron chi connectivity index (χ3n) is 3.63. The zero-order chi connectivity index (χ0) is 14.2. The van der Waals surface area contributed by atoms with Gasteiger partial charge in [-0.15, -0.1) is 0 Å². The van der Waals surface area contributed by atoms with Gasteiger partial charge in [-0.25, -0.2) is 0 Å². The largest absolute Gasteiger partial charge is 0.322 e. The summed E-state index contributed by atoms with van der Waals surface area (Å²) in [5.74, 6) is -0.188. The van der Waals surface area contributed by atoms with Crippen molar-refractivity contribution in [2.24, 2.45) is 7.05 Å². The summed E-state index contributed by atoms with van der Waals surface area (Å²) in [6.45, 7) is 0. The third kappa shape index (κ3) is 2.16. The minimum atomic E-state index is -0.286. The number of hydrogen-bond donors (Lipinski definition) is 1. The van der Waals surface area contributed by atoms with Crippen molar-refractivity contribution in [3.05, 3.63) is 47.8 Å². The molecule has 0 radical (unpaired) electrons. The highest BCUT2D eigenvalue weighted by Gasteiger charge is 2.44. The standard InChI is InChI=1S/C15H14N4O/c1-19-9-11(8-17-19)14(20)18-13-4-2-12(3-5-13)15(10-16)6-7-15/h2-5,8-9H,6-7H2,1H3,(H,18,20). The number of carbonyl (C=O) groups is 1. The van der Waals surface area contributed by atoms with E-state index in [2.05, 4.69) is 16.5 Å². The Bertz CT molecular complexity index is 689. The van der Waals surface area contributed by atoms with E-state index in [-0.39, 0.29) is 11.3 Å². The summed E-state index contributed by atoms with van der Waals surface area (Å²) in [4.78, 5) is 12.0. The molecular formula is C15H14N4O. The highest BCUT2D eigenvalue weighted by Crippen LogP contribution is 2.47. The number of nitrogens with zero attached hydrogens (tertiary/aromatic N) is 3. The van der Waals surface area contributed by atoms with Crippen LogP contribution in [0.3, 0.4) is 0 Å². The molecule has 1 aromatic carbocycles. The van der Waals surface area contributed by atoms with E-state index in [1.807, 2.05) is 24.3 Å². The fourth-order valence-electron chi connectivity index (χ4n) is 2.20. The van der Waals surface area contributed by atoms with Gasteiger partial charge in [-0.3, -0.25) is 9.48 Å². The minimum absolute atomic E-state index is 0.188. The number of carbonyl (C=O) groups excluding carboxylic acids is 1. The average molecular weight is 266 g/mol. The van der Waals surface area contributed by atoms with Gasteiger partial charge in [-0.05, 0) is 30.5 Å². The Hall–Kier alpha value is -2.61. The van der Waals surface area contributed by atoms with Crippen LogP contribution in [0.15, 0.2) is 36.7 Å². The van der Waals surface area contributed by atoms with E-state index in [1.54, 1.807) is 17.9 Å². The van der Waals surface area contributed by atoms with Crippen LogP contribution in [0, 0.1) is 11.3 Å². The number of aromatic nitrogens is 2. The molecule has 1 saturated carbocycles. The molecule has 1 N–H and O–H groups in total. The number of hydrogen-bond acceptors (Lipinski definition) is 3. The molecule has 1 fully saturated rings. The second kappa shape index (κ2) is 4.49. The zero-order valence-corrected chi connectivity index (χ0v) is 11.1. The smallest absolute Gasteiger partial charge is 0.258 e. The van der Waals surface area contributed by atoms with Crippen molar-refractivity contribution in [1.29, 1.82) is 5.26 Å². The van der Waals surface area contributed by atoms with Crippen LogP contribution in [-0.2, 0) is 12.5 Å². The molecule has 2 aromatic rings. The minimum Gasteiger partial charge on any atom is -0.322 e. The first-order valence-electron chi connectivity index (χ1n) is 6.45. The van der Waals surface area contributed by atoms with Crippen molar-refractivity contribution >= 4 is 11.6 Å². The first-order valence-corrected chi connectivity index (χ1v) is 6.45. The van der Waals surface area contributed by atoms with Crippen molar-refractivity contribution in [2.75, 3.05) is 5.32 Å². The molecule has 1 aromatic heterocycles. The summed E-state index contributed by atoms with van der Waals surface area (Å²) in [5, 5.41) is 15.9. The normalized spacial score (nSPS) is 15.4. The van der Waals surface area contributed by atoms with Gasteiger partial charge in [-0.1, -0.05) is 12.1 Å². The Labute approximate surface area is 116 Å². The van der Waals surface area contributed by atoms with Gasteiger partial charge in [0, 0.05) is 18.9 Å². The highest BCUT2D eigenvalue weighted by molar-refractivity contribution is 6.03. The first-order chi connectivity index (χ1) is 9.63. The van der Waals surface area contributed by atoms with Crippen LogP contribution in [0.5, 0.6) is 0 Å². The summed E-state index contributed by atoms with van der Waals surface area (Å²) in [7, 11) is 1.77. The first kappa shape index (κ1) is 12.4. The van der Waals surface area contributed by atoms with Crippen molar-refractivity contribution in [3.63, 3.8) is 0 Å². The van der Waals surface area contributed by atoms with E-state index >= 15 is 0 Å². The molecule has 1 aliphatic rings. The van der Waals surface area contributed by atoms with Gasteiger partial charge >= 0.3 is 0 Å². The van der Waals surface area contributed by atoms with Gasteiger partial charge in [0.05, 0.1) is 23.2 Å². The van der Waals surface area contributed by atoms with Crippen LogP contribution in [0.4, 0.5) is 5.69 Å². The molecule has 5 heteroatoms. The van der Waals surface area contributed by atoms with Crippen molar-refractivity contribution in [1.82, 2.24) is 9.78 Å². The second-order valence-corrected chi connectivity index (χ2v) is 5.13. The quantitative estimate of drug-likeness (QED) is 0.926.